The van der Waals surface area contributed by atoms with Crippen LogP contribution in [0.4, 0.5) is 5.69 Å². The molecule has 102 valence electrons. The SMILES string of the molecule is Cc1cccc([N+](=O)[O-])c1Oc1cccnc1C(=N)N. The molecule has 0 saturated carbocycles. The molecule has 0 amide bonds. The number of hydrogen-bond donors (Lipinski definition) is 2. The summed E-state index contributed by atoms with van der Waals surface area (Å²) < 4.78 is 5.57. The van der Waals surface area contributed by atoms with E-state index in [1.54, 1.807) is 31.2 Å². The Bertz CT molecular complexity index is 685. The highest BCUT2D eigenvalue weighted by molar-refractivity contribution is 5.95. The molecule has 20 heavy (non-hydrogen) atoms. The van der Waals surface area contributed by atoms with E-state index in [1.807, 2.05) is 0 Å². The second-order valence-electron chi connectivity index (χ2n) is 4.05. The molecular formula is C13H12N4O3. The molecule has 0 saturated heterocycles. The van der Waals surface area contributed by atoms with E-state index >= 15 is 0 Å². The van der Waals surface area contributed by atoms with Crippen LogP contribution in [0.3, 0.4) is 0 Å². The van der Waals surface area contributed by atoms with Crippen LogP contribution in [-0.2, 0) is 0 Å². The molecule has 7 heteroatoms. The number of para-hydroxylation sites is 1. The number of benzene rings is 1. The van der Waals surface area contributed by atoms with E-state index in [4.69, 9.17) is 15.9 Å². The van der Waals surface area contributed by atoms with Crippen LogP contribution in [0.1, 0.15) is 11.3 Å². The minimum atomic E-state index is -0.522. The van der Waals surface area contributed by atoms with Gasteiger partial charge in [0.25, 0.3) is 0 Å². The van der Waals surface area contributed by atoms with Crippen LogP contribution < -0.4 is 10.5 Å². The Kier molecular flexibility index (Phi) is 3.60. The Morgan fingerprint density at radius 3 is 2.80 bits per heavy atom. The summed E-state index contributed by atoms with van der Waals surface area (Å²) >= 11 is 0. The fourth-order valence-corrected chi connectivity index (χ4v) is 1.70. The van der Waals surface area contributed by atoms with Crippen LogP contribution in [0.5, 0.6) is 11.5 Å². The first-order valence-corrected chi connectivity index (χ1v) is 5.72. The smallest absolute Gasteiger partial charge is 0.311 e. The van der Waals surface area contributed by atoms with Crippen molar-refractivity contribution in [1.82, 2.24) is 4.98 Å². The van der Waals surface area contributed by atoms with E-state index in [2.05, 4.69) is 4.98 Å². The third-order valence-corrected chi connectivity index (χ3v) is 2.63. The van der Waals surface area contributed by atoms with Gasteiger partial charge in [0.2, 0.25) is 5.75 Å². The number of nitrogens with two attached hydrogens (primary N) is 1. The van der Waals surface area contributed by atoms with Gasteiger partial charge in [-0.3, -0.25) is 15.5 Å². The topological polar surface area (TPSA) is 115 Å². The number of nitrogens with zero attached hydrogens (tertiary/aromatic N) is 2. The number of nitro benzene ring substituents is 1. The van der Waals surface area contributed by atoms with Gasteiger partial charge in [-0.2, -0.15) is 0 Å². The molecule has 0 atom stereocenters. The summed E-state index contributed by atoms with van der Waals surface area (Å²) in [4.78, 5) is 14.4. The fourth-order valence-electron chi connectivity index (χ4n) is 1.70. The zero-order valence-corrected chi connectivity index (χ0v) is 10.7. The van der Waals surface area contributed by atoms with Gasteiger partial charge in [0.1, 0.15) is 11.5 Å². The van der Waals surface area contributed by atoms with Gasteiger partial charge in [0.15, 0.2) is 5.75 Å². The summed E-state index contributed by atoms with van der Waals surface area (Å²) in [6.45, 7) is 1.70. The molecule has 0 spiro atoms. The molecule has 3 N–H and O–H groups in total. The zero-order valence-electron chi connectivity index (χ0n) is 10.7. The molecule has 1 heterocycles. The van der Waals surface area contributed by atoms with E-state index in [-0.39, 0.29) is 28.7 Å². The monoisotopic (exact) mass is 272 g/mol. The summed E-state index contributed by atoms with van der Waals surface area (Å²) in [6.07, 6.45) is 1.47. The maximum absolute atomic E-state index is 11.0. The third-order valence-electron chi connectivity index (χ3n) is 2.63. The first-order chi connectivity index (χ1) is 9.50. The van der Waals surface area contributed by atoms with Crippen LogP contribution in [0.25, 0.3) is 0 Å². The summed E-state index contributed by atoms with van der Waals surface area (Å²) in [5, 5.41) is 18.5. The first kappa shape index (κ1) is 13.5. The van der Waals surface area contributed by atoms with Gasteiger partial charge in [-0.05, 0) is 24.6 Å². The minimum absolute atomic E-state index is 0.119. The van der Waals surface area contributed by atoms with E-state index < -0.39 is 4.92 Å². The molecule has 1 aromatic carbocycles. The molecule has 2 aromatic rings. The lowest BCUT2D eigenvalue weighted by Crippen LogP contribution is -2.14. The Hall–Kier alpha value is -2.96. The van der Waals surface area contributed by atoms with E-state index in [9.17, 15) is 10.1 Å². The largest absolute Gasteiger partial charge is 0.447 e. The summed E-state index contributed by atoms with van der Waals surface area (Å²) in [5.41, 5.74) is 6.01. The second kappa shape index (κ2) is 5.35. The van der Waals surface area contributed by atoms with Crippen molar-refractivity contribution in [2.75, 3.05) is 0 Å². The maximum atomic E-state index is 11.0. The summed E-state index contributed by atoms with van der Waals surface area (Å²) in [5.74, 6) is 0.0576. The van der Waals surface area contributed by atoms with Crippen LogP contribution >= 0.6 is 0 Å². The maximum Gasteiger partial charge on any atom is 0.311 e. The van der Waals surface area contributed by atoms with Crippen molar-refractivity contribution in [3.8, 4) is 11.5 Å². The van der Waals surface area contributed by atoms with Gasteiger partial charge in [-0.1, -0.05) is 12.1 Å². The van der Waals surface area contributed by atoms with Crippen LogP contribution in [0.15, 0.2) is 36.5 Å². The first-order valence-electron chi connectivity index (χ1n) is 5.72. The molecule has 0 bridgehead atoms. The number of aryl methyl sites for hydroxylation is 1. The number of nitro groups is 1. The molecule has 0 radical (unpaired) electrons. The number of nitrogens with one attached hydrogen (secondary N) is 1. The quantitative estimate of drug-likeness (QED) is 0.383. The van der Waals surface area contributed by atoms with Gasteiger partial charge in [0.05, 0.1) is 4.92 Å². The highest BCUT2D eigenvalue weighted by Gasteiger charge is 2.19. The van der Waals surface area contributed by atoms with Gasteiger partial charge < -0.3 is 10.5 Å². The van der Waals surface area contributed by atoms with Gasteiger partial charge in [-0.15, -0.1) is 0 Å². The normalized spacial score (nSPS) is 10.1. The second-order valence-corrected chi connectivity index (χ2v) is 4.05. The lowest BCUT2D eigenvalue weighted by molar-refractivity contribution is -0.385. The standard InChI is InChI=1S/C13H12N4O3/c1-8-4-2-5-9(17(18)19)12(8)20-10-6-3-7-16-11(10)13(14)15/h2-7H,1H3,(H3,14,15). The Balaban J connectivity index is 2.51. The number of ether oxygens (including phenoxy) is 1. The summed E-state index contributed by atoms with van der Waals surface area (Å²) in [7, 11) is 0. The van der Waals surface area contributed by atoms with E-state index in [0.717, 1.165) is 0 Å². The molecule has 0 fully saturated rings. The molecule has 0 unspecified atom stereocenters. The molecule has 0 aliphatic carbocycles. The molecule has 7 nitrogen and oxygen atoms in total. The van der Waals surface area contributed by atoms with Crippen LogP contribution in [0.2, 0.25) is 0 Å². The summed E-state index contributed by atoms with van der Waals surface area (Å²) in [6, 6.07) is 7.79. The van der Waals surface area contributed by atoms with E-state index in [0.29, 0.717) is 5.56 Å². The van der Waals surface area contributed by atoms with Crippen molar-refractivity contribution < 1.29 is 9.66 Å². The fraction of sp³-hybridized carbons (Fsp3) is 0.0769. The molecule has 2 rings (SSSR count). The predicted octanol–water partition coefficient (Wildman–Crippen LogP) is 2.37. The number of rotatable bonds is 4. The van der Waals surface area contributed by atoms with Gasteiger partial charge >= 0.3 is 5.69 Å². The van der Waals surface area contributed by atoms with Gasteiger partial charge in [-0.25, -0.2) is 4.98 Å². The molecule has 1 aromatic heterocycles. The highest BCUT2D eigenvalue weighted by Crippen LogP contribution is 2.35. The zero-order chi connectivity index (χ0) is 14.7. The lowest BCUT2D eigenvalue weighted by atomic mass is 10.2. The Labute approximate surface area is 114 Å². The van der Waals surface area contributed by atoms with Crippen molar-refractivity contribution in [3.63, 3.8) is 0 Å². The number of aromatic nitrogens is 1. The Morgan fingerprint density at radius 1 is 1.40 bits per heavy atom. The van der Waals surface area contributed by atoms with Crippen molar-refractivity contribution >= 4 is 11.5 Å². The third kappa shape index (κ3) is 2.56. The number of nitrogen functional groups attached to an aromatic ring is 1. The average molecular weight is 272 g/mol. The minimum Gasteiger partial charge on any atom is -0.447 e. The lowest BCUT2D eigenvalue weighted by Gasteiger charge is -2.11. The van der Waals surface area contributed by atoms with Crippen LogP contribution in [-0.4, -0.2) is 15.7 Å². The number of pyridine rings is 1. The highest BCUT2D eigenvalue weighted by atomic mass is 16.6. The van der Waals surface area contributed by atoms with Crippen molar-refractivity contribution in [3.05, 3.63) is 57.9 Å². The molecular weight excluding hydrogens is 260 g/mol. The molecule has 0 aliphatic heterocycles. The Morgan fingerprint density at radius 2 is 2.15 bits per heavy atom. The van der Waals surface area contributed by atoms with Gasteiger partial charge in [0, 0.05) is 12.3 Å². The van der Waals surface area contributed by atoms with Crippen molar-refractivity contribution in [2.45, 2.75) is 6.92 Å². The number of amidine groups is 1. The molecule has 0 aliphatic rings. The predicted molar refractivity (Wildman–Crippen MR) is 73.2 cm³/mol. The van der Waals surface area contributed by atoms with Crippen molar-refractivity contribution in [2.24, 2.45) is 5.73 Å². The average Bonchev–Trinajstić information content (AvgIpc) is 2.41. The van der Waals surface area contributed by atoms with Crippen molar-refractivity contribution in [1.29, 1.82) is 5.41 Å². The van der Waals surface area contributed by atoms with E-state index in [1.165, 1.54) is 12.3 Å². The number of hydrogen-bond acceptors (Lipinski definition) is 5. The van der Waals surface area contributed by atoms with Crippen LogP contribution in [0, 0.1) is 22.4 Å².